The summed E-state index contributed by atoms with van der Waals surface area (Å²) in [5.74, 6) is 0.797. The lowest BCUT2D eigenvalue weighted by Crippen LogP contribution is -2.43. The number of piperidine rings is 1. The number of rotatable bonds is 7. The van der Waals surface area contributed by atoms with Crippen LogP contribution in [0.3, 0.4) is 0 Å². The molecule has 0 spiro atoms. The number of hydrogen-bond donors (Lipinski definition) is 2. The molecule has 0 bridgehead atoms. The third-order valence-electron chi connectivity index (χ3n) is 3.71. The summed E-state index contributed by atoms with van der Waals surface area (Å²) < 4.78 is 10.8. The molecule has 1 aromatic rings. The highest BCUT2D eigenvalue weighted by Gasteiger charge is 2.20. The minimum Gasteiger partial charge on any atom is -0.496 e. The van der Waals surface area contributed by atoms with Gasteiger partial charge in [0.2, 0.25) is 0 Å². The highest BCUT2D eigenvalue weighted by atomic mass is 16.5. The molecule has 2 N–H and O–H groups in total. The predicted octanol–water partition coefficient (Wildman–Crippen LogP) is 1.03. The summed E-state index contributed by atoms with van der Waals surface area (Å²) in [6, 6.07) is 7.70. The lowest BCUT2D eigenvalue weighted by molar-refractivity contribution is -0.00765. The van der Waals surface area contributed by atoms with Crippen LogP contribution in [0.1, 0.15) is 18.4 Å². The number of likely N-dealkylation sites (tertiary alicyclic amines) is 1. The van der Waals surface area contributed by atoms with Crippen LogP contribution >= 0.6 is 0 Å². The zero-order chi connectivity index (χ0) is 15.1. The number of aliphatic hydroxyl groups is 2. The number of β-amino-alcohol motifs (C(OH)–C–C–N with tert-alkyl or cyclic N) is 2. The molecule has 5 heteroatoms. The van der Waals surface area contributed by atoms with E-state index in [-0.39, 0.29) is 12.7 Å². The average Bonchev–Trinajstić information content (AvgIpc) is 2.47. The molecule has 0 unspecified atom stereocenters. The van der Waals surface area contributed by atoms with E-state index in [0.29, 0.717) is 19.7 Å². The van der Waals surface area contributed by atoms with E-state index in [0.717, 1.165) is 30.7 Å². The molecule has 21 heavy (non-hydrogen) atoms. The van der Waals surface area contributed by atoms with Gasteiger partial charge in [0.25, 0.3) is 0 Å². The molecule has 1 heterocycles. The maximum Gasteiger partial charge on any atom is 0.124 e. The quantitative estimate of drug-likeness (QED) is 0.787. The summed E-state index contributed by atoms with van der Waals surface area (Å²) in [6.45, 7) is 2.82. The predicted molar refractivity (Wildman–Crippen MR) is 80.3 cm³/mol. The van der Waals surface area contributed by atoms with Crippen LogP contribution in [0, 0.1) is 0 Å². The normalized spacial score (nSPS) is 21.2. The molecule has 1 aliphatic rings. The summed E-state index contributed by atoms with van der Waals surface area (Å²) in [5.41, 5.74) is 0.973. The van der Waals surface area contributed by atoms with E-state index >= 15 is 0 Å². The number of aliphatic hydroxyl groups excluding tert-OH is 2. The van der Waals surface area contributed by atoms with Crippen molar-refractivity contribution >= 4 is 0 Å². The van der Waals surface area contributed by atoms with Gasteiger partial charge >= 0.3 is 0 Å². The van der Waals surface area contributed by atoms with Crippen LogP contribution in [0.5, 0.6) is 5.75 Å². The van der Waals surface area contributed by atoms with Crippen LogP contribution in [0.4, 0.5) is 0 Å². The van der Waals surface area contributed by atoms with E-state index < -0.39 is 6.10 Å². The molecule has 0 amide bonds. The van der Waals surface area contributed by atoms with Crippen LogP contribution in [0.25, 0.3) is 0 Å². The van der Waals surface area contributed by atoms with Crippen molar-refractivity contribution in [2.75, 3.05) is 33.4 Å². The fourth-order valence-electron chi connectivity index (χ4n) is 2.67. The largest absolute Gasteiger partial charge is 0.496 e. The number of methoxy groups -OCH3 is 1. The van der Waals surface area contributed by atoms with Crippen molar-refractivity contribution in [2.24, 2.45) is 0 Å². The van der Waals surface area contributed by atoms with Crippen LogP contribution in [0.2, 0.25) is 0 Å². The molecule has 1 aromatic carbocycles. The van der Waals surface area contributed by atoms with E-state index in [1.165, 1.54) is 0 Å². The van der Waals surface area contributed by atoms with Gasteiger partial charge in [-0.05, 0) is 25.5 Å². The SMILES string of the molecule is COc1ccccc1COC[C@H](O)CN1CCC[C@@H](O)C1. The molecule has 2 atom stereocenters. The minimum atomic E-state index is -0.537. The second-order valence-corrected chi connectivity index (χ2v) is 5.54. The van der Waals surface area contributed by atoms with Gasteiger partial charge in [-0.1, -0.05) is 18.2 Å². The monoisotopic (exact) mass is 295 g/mol. The first kappa shape index (κ1) is 16.2. The van der Waals surface area contributed by atoms with Crippen LogP contribution in [0.15, 0.2) is 24.3 Å². The maximum atomic E-state index is 10.0. The summed E-state index contributed by atoms with van der Waals surface area (Å²) in [5, 5.41) is 19.6. The number of hydrogen-bond acceptors (Lipinski definition) is 5. The van der Waals surface area contributed by atoms with Gasteiger partial charge in [0.05, 0.1) is 32.5 Å². The number of para-hydroxylation sites is 1. The molecule has 118 valence electrons. The van der Waals surface area contributed by atoms with E-state index in [1.54, 1.807) is 7.11 Å². The Labute approximate surface area is 126 Å². The minimum absolute atomic E-state index is 0.263. The third-order valence-corrected chi connectivity index (χ3v) is 3.71. The molecule has 1 fully saturated rings. The summed E-state index contributed by atoms with van der Waals surface area (Å²) in [7, 11) is 1.63. The molecule has 1 saturated heterocycles. The van der Waals surface area contributed by atoms with Gasteiger partial charge in [0.15, 0.2) is 0 Å². The molecular weight excluding hydrogens is 270 g/mol. The molecule has 0 radical (unpaired) electrons. The van der Waals surface area contributed by atoms with Gasteiger partial charge in [-0.15, -0.1) is 0 Å². The van der Waals surface area contributed by atoms with Crippen LogP contribution < -0.4 is 4.74 Å². The highest BCUT2D eigenvalue weighted by molar-refractivity contribution is 5.32. The fourth-order valence-corrected chi connectivity index (χ4v) is 2.67. The zero-order valence-corrected chi connectivity index (χ0v) is 12.6. The second kappa shape index (κ2) is 8.34. The smallest absolute Gasteiger partial charge is 0.124 e. The van der Waals surface area contributed by atoms with Crippen LogP contribution in [-0.2, 0) is 11.3 Å². The Morgan fingerprint density at radius 1 is 1.38 bits per heavy atom. The van der Waals surface area contributed by atoms with Gasteiger partial charge in [0, 0.05) is 18.7 Å². The summed E-state index contributed by atoms with van der Waals surface area (Å²) >= 11 is 0. The Balaban J connectivity index is 1.70. The van der Waals surface area contributed by atoms with Crippen molar-refractivity contribution in [2.45, 2.75) is 31.7 Å². The summed E-state index contributed by atoms with van der Waals surface area (Å²) in [4.78, 5) is 2.09. The number of ether oxygens (including phenoxy) is 2. The first-order chi connectivity index (χ1) is 10.2. The lowest BCUT2D eigenvalue weighted by Gasteiger charge is -2.31. The van der Waals surface area contributed by atoms with E-state index in [4.69, 9.17) is 9.47 Å². The first-order valence-electron chi connectivity index (χ1n) is 7.47. The topological polar surface area (TPSA) is 62.2 Å². The van der Waals surface area contributed by atoms with E-state index in [2.05, 4.69) is 4.90 Å². The Hall–Kier alpha value is -1.14. The highest BCUT2D eigenvalue weighted by Crippen LogP contribution is 2.18. The Kier molecular flexibility index (Phi) is 6.45. The first-order valence-corrected chi connectivity index (χ1v) is 7.47. The zero-order valence-electron chi connectivity index (χ0n) is 12.6. The molecule has 0 aliphatic carbocycles. The van der Waals surface area contributed by atoms with Crippen LogP contribution in [-0.4, -0.2) is 60.7 Å². The van der Waals surface area contributed by atoms with Gasteiger partial charge in [0.1, 0.15) is 5.75 Å². The van der Waals surface area contributed by atoms with Gasteiger partial charge in [-0.25, -0.2) is 0 Å². The Morgan fingerprint density at radius 3 is 2.95 bits per heavy atom. The average molecular weight is 295 g/mol. The second-order valence-electron chi connectivity index (χ2n) is 5.54. The third kappa shape index (κ3) is 5.28. The Morgan fingerprint density at radius 2 is 2.19 bits per heavy atom. The molecule has 5 nitrogen and oxygen atoms in total. The fraction of sp³-hybridized carbons (Fsp3) is 0.625. The maximum absolute atomic E-state index is 10.0. The standard InChI is InChI=1S/C16H25NO4/c1-20-16-7-3-2-5-13(16)11-21-12-15(19)10-17-8-4-6-14(18)9-17/h2-3,5,7,14-15,18-19H,4,6,8-12H2,1H3/t14-,15-/m1/s1. The van der Waals surface area contributed by atoms with Crippen molar-refractivity contribution in [1.82, 2.24) is 4.90 Å². The van der Waals surface area contributed by atoms with Gasteiger partial charge in [-0.2, -0.15) is 0 Å². The number of benzene rings is 1. The van der Waals surface area contributed by atoms with E-state index in [9.17, 15) is 10.2 Å². The molecule has 0 aromatic heterocycles. The van der Waals surface area contributed by atoms with Gasteiger partial charge < -0.3 is 19.7 Å². The van der Waals surface area contributed by atoms with E-state index in [1.807, 2.05) is 24.3 Å². The number of nitrogens with zero attached hydrogens (tertiary/aromatic N) is 1. The molecule has 2 rings (SSSR count). The van der Waals surface area contributed by atoms with Gasteiger partial charge in [-0.3, -0.25) is 4.90 Å². The van der Waals surface area contributed by atoms with Crippen molar-refractivity contribution < 1.29 is 19.7 Å². The van der Waals surface area contributed by atoms with Crippen molar-refractivity contribution in [1.29, 1.82) is 0 Å². The Bertz CT molecular complexity index is 426. The summed E-state index contributed by atoms with van der Waals surface area (Å²) in [6.07, 6.45) is 1.04. The van der Waals surface area contributed by atoms with Crippen molar-refractivity contribution in [3.8, 4) is 5.75 Å². The molecule has 0 saturated carbocycles. The van der Waals surface area contributed by atoms with Crippen molar-refractivity contribution in [3.63, 3.8) is 0 Å². The molecule has 1 aliphatic heterocycles. The van der Waals surface area contributed by atoms with Crippen molar-refractivity contribution in [3.05, 3.63) is 29.8 Å². The lowest BCUT2D eigenvalue weighted by atomic mass is 10.1. The molecular formula is C16H25NO4.